The number of aromatic nitrogens is 4. The molecule has 1 aromatic carbocycles. The number of methoxy groups -OCH3 is 1. The van der Waals surface area contributed by atoms with Crippen LogP contribution in [0, 0.1) is 0 Å². The molecule has 0 radical (unpaired) electrons. The number of carbonyl (C=O) groups excluding carboxylic acids is 2. The lowest BCUT2D eigenvalue weighted by Gasteiger charge is -2.13. The zero-order chi connectivity index (χ0) is 24.0. The van der Waals surface area contributed by atoms with Crippen LogP contribution >= 0.6 is 11.6 Å². The fourth-order valence-electron chi connectivity index (χ4n) is 2.90. The topological polar surface area (TPSA) is 120 Å². The lowest BCUT2D eigenvalue weighted by Crippen LogP contribution is -2.30. The molecule has 0 aliphatic carbocycles. The number of benzene rings is 1. The normalized spacial score (nSPS) is 10.7. The van der Waals surface area contributed by atoms with Crippen LogP contribution in [0.25, 0.3) is 11.3 Å². The van der Waals surface area contributed by atoms with Gasteiger partial charge in [0.1, 0.15) is 12.3 Å². The largest absolute Gasteiger partial charge is 0.495 e. The molecule has 0 fully saturated rings. The summed E-state index contributed by atoms with van der Waals surface area (Å²) >= 11 is 6.32. The summed E-state index contributed by atoms with van der Waals surface area (Å²) in [6, 6.07) is 5.00. The van der Waals surface area contributed by atoms with Crippen LogP contribution < -0.4 is 15.4 Å². The van der Waals surface area contributed by atoms with E-state index in [4.69, 9.17) is 21.1 Å². The summed E-state index contributed by atoms with van der Waals surface area (Å²) in [6.45, 7) is 5.78. The number of hydrogen-bond donors (Lipinski definition) is 2. The zero-order valence-electron chi connectivity index (χ0n) is 18.8. The molecule has 3 rings (SSSR count). The molecule has 2 heterocycles. The van der Waals surface area contributed by atoms with E-state index in [1.54, 1.807) is 31.3 Å². The van der Waals surface area contributed by atoms with Gasteiger partial charge in [-0.1, -0.05) is 11.6 Å². The first-order chi connectivity index (χ1) is 15.8. The highest BCUT2D eigenvalue weighted by atomic mass is 35.5. The summed E-state index contributed by atoms with van der Waals surface area (Å²) in [6.07, 6.45) is 5.07. The summed E-state index contributed by atoms with van der Waals surface area (Å²) in [4.78, 5) is 32.5. The summed E-state index contributed by atoms with van der Waals surface area (Å²) in [5.74, 6) is -0.248. The predicted molar refractivity (Wildman–Crippen MR) is 124 cm³/mol. The second-order valence-corrected chi connectivity index (χ2v) is 7.63. The molecule has 0 saturated heterocycles. The second-order valence-electron chi connectivity index (χ2n) is 7.22. The molecule has 0 aliphatic heterocycles. The van der Waals surface area contributed by atoms with Crippen molar-refractivity contribution in [3.63, 3.8) is 0 Å². The highest BCUT2D eigenvalue weighted by Crippen LogP contribution is 2.30. The van der Waals surface area contributed by atoms with Crippen LogP contribution in [0.15, 0.2) is 36.8 Å². The summed E-state index contributed by atoms with van der Waals surface area (Å²) < 4.78 is 12.0. The smallest absolute Gasteiger partial charge is 0.325 e. The van der Waals surface area contributed by atoms with Gasteiger partial charge in [-0.25, -0.2) is 9.97 Å². The van der Waals surface area contributed by atoms with Crippen molar-refractivity contribution >= 4 is 35.1 Å². The van der Waals surface area contributed by atoms with Crippen molar-refractivity contribution in [1.82, 2.24) is 25.1 Å². The maximum Gasteiger partial charge on any atom is 0.325 e. The van der Waals surface area contributed by atoms with Crippen molar-refractivity contribution in [3.8, 4) is 17.0 Å². The van der Waals surface area contributed by atoms with Gasteiger partial charge in [-0.3, -0.25) is 14.3 Å². The molecule has 2 N–H and O–H groups in total. The predicted octanol–water partition coefficient (Wildman–Crippen LogP) is 3.62. The first-order valence-corrected chi connectivity index (χ1v) is 10.7. The van der Waals surface area contributed by atoms with Gasteiger partial charge in [0.2, 0.25) is 5.95 Å². The Hall–Kier alpha value is -3.66. The molecule has 0 aliphatic rings. The van der Waals surface area contributed by atoms with Crippen LogP contribution in [-0.2, 0) is 9.53 Å². The van der Waals surface area contributed by atoms with Crippen molar-refractivity contribution in [2.24, 2.45) is 0 Å². The highest BCUT2D eigenvalue weighted by molar-refractivity contribution is 6.32. The Morgan fingerprint density at radius 1 is 1.24 bits per heavy atom. The first-order valence-electron chi connectivity index (χ1n) is 10.3. The van der Waals surface area contributed by atoms with Crippen LogP contribution in [-0.4, -0.2) is 51.9 Å². The third kappa shape index (κ3) is 5.98. The Morgan fingerprint density at radius 3 is 2.70 bits per heavy atom. The third-order valence-electron chi connectivity index (χ3n) is 4.56. The van der Waals surface area contributed by atoms with Crippen molar-refractivity contribution in [1.29, 1.82) is 0 Å². The quantitative estimate of drug-likeness (QED) is 0.453. The fourth-order valence-corrected chi connectivity index (χ4v) is 3.10. The molecule has 3 aromatic rings. The molecule has 174 valence electrons. The number of amides is 1. The average Bonchev–Trinajstić information content (AvgIpc) is 3.29. The van der Waals surface area contributed by atoms with E-state index in [0.29, 0.717) is 33.7 Å². The van der Waals surface area contributed by atoms with E-state index >= 15 is 0 Å². The Bertz CT molecular complexity index is 1150. The minimum Gasteiger partial charge on any atom is -0.495 e. The van der Waals surface area contributed by atoms with Crippen LogP contribution in [0.5, 0.6) is 5.75 Å². The lowest BCUT2D eigenvalue weighted by molar-refractivity contribution is -0.141. The maximum absolute atomic E-state index is 12.3. The minimum absolute atomic E-state index is 0.203. The van der Waals surface area contributed by atoms with Gasteiger partial charge in [0.15, 0.2) is 0 Å². The average molecular weight is 473 g/mol. The van der Waals surface area contributed by atoms with Crippen molar-refractivity contribution in [2.75, 3.05) is 25.6 Å². The van der Waals surface area contributed by atoms with Gasteiger partial charge in [-0.05, 0) is 39.0 Å². The SMILES string of the molecule is CCOC(=O)CNC(=O)c1ccc(Nc2ncc(Cl)c(-c3cnn(C(C)C)c3)n2)c(OC)c1. The number of ether oxygens (including phenoxy) is 2. The molecular formula is C22H25ClN6O4. The zero-order valence-corrected chi connectivity index (χ0v) is 19.5. The summed E-state index contributed by atoms with van der Waals surface area (Å²) in [5.41, 5.74) is 2.17. The Labute approximate surface area is 196 Å². The number of hydrogen-bond acceptors (Lipinski definition) is 8. The number of anilines is 2. The molecule has 10 nitrogen and oxygen atoms in total. The molecule has 11 heteroatoms. The van der Waals surface area contributed by atoms with E-state index in [9.17, 15) is 9.59 Å². The highest BCUT2D eigenvalue weighted by Gasteiger charge is 2.15. The Balaban J connectivity index is 1.79. The number of rotatable bonds is 9. The Kier molecular flexibility index (Phi) is 7.83. The van der Waals surface area contributed by atoms with E-state index in [-0.39, 0.29) is 19.2 Å². The minimum atomic E-state index is -0.509. The van der Waals surface area contributed by atoms with Gasteiger partial charge in [0.05, 0.1) is 42.5 Å². The number of nitrogens with one attached hydrogen (secondary N) is 2. The molecule has 0 bridgehead atoms. The van der Waals surface area contributed by atoms with Gasteiger partial charge >= 0.3 is 5.97 Å². The van der Waals surface area contributed by atoms with Crippen LogP contribution in [0.2, 0.25) is 5.02 Å². The third-order valence-corrected chi connectivity index (χ3v) is 4.83. The van der Waals surface area contributed by atoms with E-state index in [1.165, 1.54) is 13.3 Å². The first kappa shape index (κ1) is 24.0. The molecule has 0 unspecified atom stereocenters. The van der Waals surface area contributed by atoms with E-state index in [0.717, 1.165) is 5.56 Å². The molecular weight excluding hydrogens is 448 g/mol. The molecule has 0 saturated carbocycles. The molecule has 2 aromatic heterocycles. The Morgan fingerprint density at radius 2 is 2.03 bits per heavy atom. The van der Waals surface area contributed by atoms with Crippen LogP contribution in [0.1, 0.15) is 37.2 Å². The molecule has 33 heavy (non-hydrogen) atoms. The second kappa shape index (κ2) is 10.8. The monoisotopic (exact) mass is 472 g/mol. The number of nitrogens with zero attached hydrogens (tertiary/aromatic N) is 4. The van der Waals surface area contributed by atoms with Gasteiger partial charge < -0.3 is 20.1 Å². The van der Waals surface area contributed by atoms with E-state index in [1.807, 2.05) is 24.7 Å². The van der Waals surface area contributed by atoms with E-state index < -0.39 is 11.9 Å². The van der Waals surface area contributed by atoms with Gasteiger partial charge in [-0.15, -0.1) is 0 Å². The fraction of sp³-hybridized carbons (Fsp3) is 0.318. The van der Waals surface area contributed by atoms with Crippen molar-refractivity contribution in [3.05, 3.63) is 47.4 Å². The van der Waals surface area contributed by atoms with Gasteiger partial charge in [-0.2, -0.15) is 5.10 Å². The summed E-state index contributed by atoms with van der Waals surface area (Å²) in [5, 5.41) is 10.3. The number of esters is 1. The maximum atomic E-state index is 12.3. The number of carbonyl (C=O) groups is 2. The van der Waals surface area contributed by atoms with Gasteiger partial charge in [0.25, 0.3) is 5.91 Å². The van der Waals surface area contributed by atoms with Crippen LogP contribution in [0.4, 0.5) is 11.6 Å². The number of halogens is 1. The van der Waals surface area contributed by atoms with Crippen LogP contribution in [0.3, 0.4) is 0 Å². The summed E-state index contributed by atoms with van der Waals surface area (Å²) in [7, 11) is 1.48. The van der Waals surface area contributed by atoms with Crippen molar-refractivity contribution < 1.29 is 19.1 Å². The lowest BCUT2D eigenvalue weighted by atomic mass is 10.1. The van der Waals surface area contributed by atoms with E-state index in [2.05, 4.69) is 25.7 Å². The van der Waals surface area contributed by atoms with Gasteiger partial charge in [0, 0.05) is 23.4 Å². The van der Waals surface area contributed by atoms with Crippen molar-refractivity contribution in [2.45, 2.75) is 26.8 Å². The molecule has 0 atom stereocenters. The standard InChI is InChI=1S/C22H25ClN6O4/c1-5-33-19(30)11-24-21(31)14-6-7-17(18(8-14)32-4)27-22-25-10-16(23)20(28-22)15-9-26-29(12-15)13(2)3/h6-10,12-13H,5,11H2,1-4H3,(H,24,31)(H,25,27,28). The molecule has 1 amide bonds. The molecule has 0 spiro atoms.